The molecule has 16 heavy (non-hydrogen) atoms. The van der Waals surface area contributed by atoms with Crippen LogP contribution in [0.4, 0.5) is 5.95 Å². The predicted octanol–water partition coefficient (Wildman–Crippen LogP) is -1.29. The minimum absolute atomic E-state index is 0.250. The van der Waals surface area contributed by atoms with Gasteiger partial charge in [-0.1, -0.05) is 0 Å². The van der Waals surface area contributed by atoms with Crippen molar-refractivity contribution in [3.05, 3.63) is 22.7 Å². The van der Waals surface area contributed by atoms with E-state index in [1.54, 1.807) is 0 Å². The molecule has 0 fully saturated rings. The van der Waals surface area contributed by atoms with Gasteiger partial charge in [-0.05, 0) is 0 Å². The molecule has 0 spiro atoms. The zero-order valence-electron chi connectivity index (χ0n) is 7.68. The molecule has 0 saturated carbocycles. The Labute approximate surface area is 87.8 Å². The molecule has 0 aliphatic heterocycles. The molecule has 0 aliphatic rings. The molecule has 9 nitrogen and oxygen atoms in total. The van der Waals surface area contributed by atoms with Gasteiger partial charge in [0.05, 0.1) is 0 Å². The van der Waals surface area contributed by atoms with Crippen LogP contribution in [0.2, 0.25) is 0 Å². The van der Waals surface area contributed by atoms with Gasteiger partial charge in [0.1, 0.15) is 0 Å². The average molecular weight is 243 g/mol. The normalized spacial score (nSPS) is 11.9. The smallest absolute Gasteiger partial charge is 0.369 e. The van der Waals surface area contributed by atoms with E-state index in [1.165, 1.54) is 12.4 Å². The Kier molecular flexibility index (Phi) is 2.23. The van der Waals surface area contributed by atoms with Crippen LogP contribution in [0.3, 0.4) is 0 Å². The van der Waals surface area contributed by atoms with Gasteiger partial charge in [0.25, 0.3) is 0 Å². The van der Waals surface area contributed by atoms with Gasteiger partial charge < -0.3 is 15.5 Å². The first-order valence-corrected chi connectivity index (χ1v) is 5.53. The molecule has 0 saturated heterocycles. The number of nitrogens with zero attached hydrogens (tertiary/aromatic N) is 4. The highest BCUT2D eigenvalue weighted by Crippen LogP contribution is 2.40. The largest absolute Gasteiger partial charge is 0.438 e. The van der Waals surface area contributed by atoms with Crippen LogP contribution in [0, 0.1) is 0 Å². The lowest BCUT2D eigenvalue weighted by Crippen LogP contribution is -2.18. The lowest BCUT2D eigenvalue weighted by Gasteiger charge is -2.11. The van der Waals surface area contributed by atoms with Crippen LogP contribution in [0.5, 0.6) is 0 Å². The molecule has 0 aliphatic carbocycles. The van der Waals surface area contributed by atoms with Crippen molar-refractivity contribution in [1.82, 2.24) is 19.3 Å². The maximum atomic E-state index is 11.3. The van der Waals surface area contributed by atoms with Gasteiger partial charge in [-0.2, -0.15) is 9.32 Å². The molecular weight excluding hydrogens is 237 g/mol. The van der Waals surface area contributed by atoms with E-state index in [9.17, 15) is 9.36 Å². The fraction of sp³-hybridized carbons (Fsp3) is 0. The van der Waals surface area contributed by atoms with Crippen molar-refractivity contribution in [3.63, 3.8) is 0 Å². The molecular formula is C6H6N5O4P. The summed E-state index contributed by atoms with van der Waals surface area (Å²) in [6, 6.07) is 0. The highest BCUT2D eigenvalue weighted by molar-refractivity contribution is 7.50. The first-order valence-electron chi connectivity index (χ1n) is 3.97. The Bertz CT molecular complexity index is 662. The summed E-state index contributed by atoms with van der Waals surface area (Å²) in [7, 11) is -4.73. The Morgan fingerprint density at radius 1 is 1.31 bits per heavy atom. The Balaban J connectivity index is 3.05. The molecule has 0 radical (unpaired) electrons. The standard InChI is InChI=1S/C6H6N5O4P/c7-6-10-5(12)3-4(9-2-1-8-3)11(6)16(13,14)15/h1-2H,(H2,7,10,12)(H2,13,14,15). The maximum Gasteiger partial charge on any atom is 0.438 e. The summed E-state index contributed by atoms with van der Waals surface area (Å²) in [5.41, 5.74) is 3.93. The van der Waals surface area contributed by atoms with Crippen LogP contribution < -0.4 is 11.3 Å². The first-order chi connectivity index (χ1) is 7.41. The highest BCUT2D eigenvalue weighted by Gasteiger charge is 2.24. The molecule has 4 N–H and O–H groups in total. The quantitative estimate of drug-likeness (QED) is 0.524. The molecule has 84 valence electrons. The Morgan fingerprint density at radius 3 is 2.56 bits per heavy atom. The van der Waals surface area contributed by atoms with Gasteiger partial charge in [0.15, 0.2) is 11.2 Å². The van der Waals surface area contributed by atoms with Crippen LogP contribution in [-0.2, 0) is 4.57 Å². The monoisotopic (exact) mass is 243 g/mol. The van der Waals surface area contributed by atoms with Gasteiger partial charge in [-0.15, -0.1) is 0 Å². The van der Waals surface area contributed by atoms with E-state index in [0.29, 0.717) is 4.34 Å². The van der Waals surface area contributed by atoms with Gasteiger partial charge in [0, 0.05) is 12.4 Å². The van der Waals surface area contributed by atoms with Crippen molar-refractivity contribution in [2.75, 3.05) is 5.73 Å². The summed E-state index contributed by atoms with van der Waals surface area (Å²) >= 11 is 0. The van der Waals surface area contributed by atoms with Crippen molar-refractivity contribution in [2.45, 2.75) is 0 Å². The maximum absolute atomic E-state index is 11.3. The minimum Gasteiger partial charge on any atom is -0.369 e. The molecule has 0 atom stereocenters. The molecule has 0 bridgehead atoms. The van der Waals surface area contributed by atoms with E-state index in [2.05, 4.69) is 15.0 Å². The zero-order valence-corrected chi connectivity index (χ0v) is 8.57. The Hall–Kier alpha value is -1.83. The van der Waals surface area contributed by atoms with Gasteiger partial charge in [-0.25, -0.2) is 14.5 Å². The molecule has 2 aromatic heterocycles. The minimum atomic E-state index is -4.73. The fourth-order valence-electron chi connectivity index (χ4n) is 1.21. The molecule has 0 amide bonds. The highest BCUT2D eigenvalue weighted by atomic mass is 31.2. The van der Waals surface area contributed by atoms with Crippen LogP contribution >= 0.6 is 7.75 Å². The lowest BCUT2D eigenvalue weighted by molar-refractivity contribution is 0.363. The van der Waals surface area contributed by atoms with E-state index >= 15 is 0 Å². The summed E-state index contributed by atoms with van der Waals surface area (Å²) in [5, 5.41) is 0. The summed E-state index contributed by atoms with van der Waals surface area (Å²) in [5.74, 6) is -0.605. The van der Waals surface area contributed by atoms with Gasteiger partial charge in [0.2, 0.25) is 5.95 Å². The summed E-state index contributed by atoms with van der Waals surface area (Å²) in [6.45, 7) is 0. The topological polar surface area (TPSA) is 144 Å². The second-order valence-electron chi connectivity index (χ2n) is 2.83. The number of hydrogen-bond acceptors (Lipinski definition) is 6. The number of nitrogens with two attached hydrogens (primary N) is 1. The SMILES string of the molecule is Nc1nc(=O)c2nccnc2n1P(=O)(O)O. The van der Waals surface area contributed by atoms with Crippen LogP contribution in [0.1, 0.15) is 0 Å². The molecule has 2 aromatic rings. The van der Waals surface area contributed by atoms with Crippen molar-refractivity contribution < 1.29 is 14.4 Å². The molecule has 10 heteroatoms. The van der Waals surface area contributed by atoms with Crippen LogP contribution in [0.15, 0.2) is 17.2 Å². The number of hydrogen-bond donors (Lipinski definition) is 3. The molecule has 2 rings (SSSR count). The fourth-order valence-corrected chi connectivity index (χ4v) is 1.91. The van der Waals surface area contributed by atoms with E-state index in [4.69, 9.17) is 15.5 Å². The third-order valence-electron chi connectivity index (χ3n) is 1.78. The predicted molar refractivity (Wildman–Crippen MR) is 53.4 cm³/mol. The summed E-state index contributed by atoms with van der Waals surface area (Å²) < 4.78 is 11.5. The number of rotatable bonds is 1. The van der Waals surface area contributed by atoms with E-state index in [1.807, 2.05) is 0 Å². The van der Waals surface area contributed by atoms with Gasteiger partial charge >= 0.3 is 13.3 Å². The van der Waals surface area contributed by atoms with Crippen LogP contribution in [0.25, 0.3) is 11.2 Å². The number of nitrogen functional groups attached to an aromatic ring is 1. The van der Waals surface area contributed by atoms with Crippen molar-refractivity contribution in [3.8, 4) is 0 Å². The molecule has 0 unspecified atom stereocenters. The van der Waals surface area contributed by atoms with Crippen LogP contribution in [-0.4, -0.2) is 29.1 Å². The average Bonchev–Trinajstić information content (AvgIpc) is 2.15. The summed E-state index contributed by atoms with van der Waals surface area (Å²) in [4.78, 5) is 40.0. The number of aromatic nitrogens is 4. The van der Waals surface area contributed by atoms with E-state index < -0.39 is 19.3 Å². The third-order valence-corrected chi connectivity index (χ3v) is 2.69. The van der Waals surface area contributed by atoms with E-state index in [-0.39, 0.29) is 11.2 Å². The van der Waals surface area contributed by atoms with Crippen molar-refractivity contribution >= 4 is 24.9 Å². The lowest BCUT2D eigenvalue weighted by atomic mass is 10.5. The van der Waals surface area contributed by atoms with Crippen molar-refractivity contribution in [1.29, 1.82) is 0 Å². The Morgan fingerprint density at radius 2 is 1.94 bits per heavy atom. The summed E-state index contributed by atoms with van der Waals surface area (Å²) in [6.07, 6.45) is 2.40. The molecule has 2 heterocycles. The number of fused-ring (bicyclic) bond motifs is 1. The van der Waals surface area contributed by atoms with Gasteiger partial charge in [-0.3, -0.25) is 4.79 Å². The van der Waals surface area contributed by atoms with Crippen molar-refractivity contribution in [2.24, 2.45) is 0 Å². The first kappa shape index (κ1) is 10.7. The second-order valence-corrected chi connectivity index (χ2v) is 4.26. The molecule has 0 aromatic carbocycles. The van der Waals surface area contributed by atoms with E-state index in [0.717, 1.165) is 0 Å². The third kappa shape index (κ3) is 1.56. The zero-order chi connectivity index (χ0) is 11.9. The second kappa shape index (κ2) is 3.34. The number of anilines is 1.